The Morgan fingerprint density at radius 3 is 2.50 bits per heavy atom. The third-order valence-electron chi connectivity index (χ3n) is 10.7. The molecule has 1 unspecified atom stereocenters. The number of carbonyl (C=O) groups excluding carboxylic acids is 3. The van der Waals surface area contributed by atoms with E-state index < -0.39 is 6.23 Å². The number of para-hydroxylation sites is 1. The van der Waals surface area contributed by atoms with Crippen molar-refractivity contribution in [2.45, 2.75) is 76.6 Å². The number of piperidine rings is 2. The molecule has 0 radical (unpaired) electrons. The third-order valence-corrected chi connectivity index (χ3v) is 10.7. The number of likely N-dealkylation sites (tertiary alicyclic amines) is 2. The molecule has 52 heavy (non-hydrogen) atoms. The Kier molecular flexibility index (Phi) is 10.9. The zero-order valence-corrected chi connectivity index (χ0v) is 29.9. The minimum absolute atomic E-state index is 0.180. The van der Waals surface area contributed by atoms with Crippen LogP contribution in [0.3, 0.4) is 0 Å². The van der Waals surface area contributed by atoms with Gasteiger partial charge in [0.05, 0.1) is 11.3 Å². The minimum atomic E-state index is -0.462. The first-order valence-corrected chi connectivity index (χ1v) is 18.6. The lowest BCUT2D eigenvalue weighted by Crippen LogP contribution is -2.44. The highest BCUT2D eigenvalue weighted by molar-refractivity contribution is 6.25. The van der Waals surface area contributed by atoms with E-state index in [0.29, 0.717) is 36.1 Å². The molecule has 9 nitrogen and oxygen atoms in total. The summed E-state index contributed by atoms with van der Waals surface area (Å²) in [7, 11) is 0. The van der Waals surface area contributed by atoms with Crippen LogP contribution in [0.5, 0.6) is 5.75 Å². The summed E-state index contributed by atoms with van der Waals surface area (Å²) in [5.74, 6) is 3.47. The molecule has 0 saturated carbocycles. The Morgan fingerprint density at radius 1 is 0.981 bits per heavy atom. The third kappa shape index (κ3) is 7.69. The number of hydrazine groups is 1. The Labute approximate surface area is 306 Å². The van der Waals surface area contributed by atoms with Crippen LogP contribution >= 0.6 is 0 Å². The van der Waals surface area contributed by atoms with E-state index in [-0.39, 0.29) is 18.2 Å². The summed E-state index contributed by atoms with van der Waals surface area (Å²) in [5.41, 5.74) is 8.79. The fraction of sp³-hybridized carbons (Fsp3) is 0.372. The first-order valence-electron chi connectivity index (χ1n) is 18.6. The van der Waals surface area contributed by atoms with E-state index in [4.69, 9.17) is 11.2 Å². The number of anilines is 2. The van der Waals surface area contributed by atoms with Crippen molar-refractivity contribution in [1.82, 2.24) is 15.2 Å². The zero-order chi connectivity index (χ0) is 36.0. The van der Waals surface area contributed by atoms with Gasteiger partial charge in [0, 0.05) is 62.7 Å². The van der Waals surface area contributed by atoms with Crippen LogP contribution in [0.25, 0.3) is 10.8 Å². The molecule has 7 rings (SSSR count). The second-order valence-electron chi connectivity index (χ2n) is 14.2. The van der Waals surface area contributed by atoms with Crippen LogP contribution in [0.2, 0.25) is 0 Å². The standard InChI is InChI=1S/C43H47N5O4/c1-3-41(52-39-18-15-31(28-30(39)2)29-46-23-21-34(22-24-46)44-33-10-5-4-6-11-33)47-25-19-32(20-26-47)35-16-17-38-42-36(35)12-9-13-37(42)43(51)48(38)45-40(50)14-7-8-27-49/h1,4-6,9-13,15-18,27-28,32,34,41,44H,7-8,14,19-26,29H2,2H3,(H,45,50). The van der Waals surface area contributed by atoms with E-state index in [9.17, 15) is 14.4 Å². The van der Waals surface area contributed by atoms with Crippen molar-refractivity contribution in [3.8, 4) is 18.1 Å². The van der Waals surface area contributed by atoms with Crippen molar-refractivity contribution in [2.24, 2.45) is 0 Å². The average Bonchev–Trinajstić information content (AvgIpc) is 3.43. The van der Waals surface area contributed by atoms with E-state index in [1.54, 1.807) is 0 Å². The van der Waals surface area contributed by atoms with E-state index in [1.165, 1.54) is 21.8 Å². The summed E-state index contributed by atoms with van der Waals surface area (Å²) < 4.78 is 6.46. The lowest BCUT2D eigenvalue weighted by molar-refractivity contribution is -0.121. The van der Waals surface area contributed by atoms with Gasteiger partial charge in [-0.15, -0.1) is 6.42 Å². The molecule has 3 aliphatic heterocycles. The molecular formula is C43H47N5O4. The number of unbranched alkanes of at least 4 members (excludes halogenated alkanes) is 1. The minimum Gasteiger partial charge on any atom is -0.464 e. The van der Waals surface area contributed by atoms with Crippen LogP contribution in [-0.4, -0.2) is 66.3 Å². The van der Waals surface area contributed by atoms with Gasteiger partial charge in [0.25, 0.3) is 5.91 Å². The number of rotatable bonds is 13. The zero-order valence-electron chi connectivity index (χ0n) is 29.9. The number of hydrogen-bond acceptors (Lipinski definition) is 7. The van der Waals surface area contributed by atoms with Crippen LogP contribution in [0.1, 0.15) is 77.9 Å². The summed E-state index contributed by atoms with van der Waals surface area (Å²) in [6.45, 7) is 6.72. The monoisotopic (exact) mass is 697 g/mol. The maximum Gasteiger partial charge on any atom is 0.277 e. The number of aryl methyl sites for hydroxylation is 1. The van der Waals surface area contributed by atoms with Crippen molar-refractivity contribution in [3.05, 3.63) is 101 Å². The molecule has 4 aromatic carbocycles. The lowest BCUT2D eigenvalue weighted by atomic mass is 9.85. The molecule has 1 atom stereocenters. The molecule has 4 aromatic rings. The van der Waals surface area contributed by atoms with Gasteiger partial charge in [0.15, 0.2) is 0 Å². The number of amides is 2. The van der Waals surface area contributed by atoms with Gasteiger partial charge in [0.1, 0.15) is 12.0 Å². The summed E-state index contributed by atoms with van der Waals surface area (Å²) in [6.07, 6.45) is 11.4. The topological polar surface area (TPSA) is 94.2 Å². The normalized spacial score (nSPS) is 17.5. The molecule has 9 heteroatoms. The van der Waals surface area contributed by atoms with Crippen LogP contribution in [0.4, 0.5) is 11.4 Å². The summed E-state index contributed by atoms with van der Waals surface area (Å²) in [5, 5.41) is 6.93. The molecule has 3 heterocycles. The highest BCUT2D eigenvalue weighted by atomic mass is 16.5. The number of terminal acetylenes is 1. The molecule has 2 amide bonds. The van der Waals surface area contributed by atoms with E-state index in [2.05, 4.69) is 88.0 Å². The highest BCUT2D eigenvalue weighted by Gasteiger charge is 2.34. The van der Waals surface area contributed by atoms with Gasteiger partial charge in [0.2, 0.25) is 12.1 Å². The predicted molar refractivity (Wildman–Crippen MR) is 205 cm³/mol. The maximum atomic E-state index is 13.3. The molecule has 268 valence electrons. The van der Waals surface area contributed by atoms with Gasteiger partial charge in [-0.25, -0.2) is 5.01 Å². The van der Waals surface area contributed by atoms with Gasteiger partial charge in [-0.3, -0.25) is 24.8 Å². The Bertz CT molecular complexity index is 1960. The average molecular weight is 698 g/mol. The number of benzene rings is 4. The second-order valence-corrected chi connectivity index (χ2v) is 14.2. The van der Waals surface area contributed by atoms with Gasteiger partial charge in [-0.1, -0.05) is 48.5 Å². The van der Waals surface area contributed by atoms with E-state index >= 15 is 0 Å². The molecule has 0 bridgehead atoms. The van der Waals surface area contributed by atoms with Crippen LogP contribution in [-0.2, 0) is 16.1 Å². The Hall–Kier alpha value is -5.17. The molecule has 0 aromatic heterocycles. The molecule has 0 spiro atoms. The first-order chi connectivity index (χ1) is 25.4. The molecule has 3 aliphatic rings. The first kappa shape index (κ1) is 35.2. The molecule has 0 aliphatic carbocycles. The Balaban J connectivity index is 0.939. The number of nitrogens with zero attached hydrogens (tertiary/aromatic N) is 3. The summed E-state index contributed by atoms with van der Waals surface area (Å²) in [4.78, 5) is 41.3. The highest BCUT2D eigenvalue weighted by Crippen LogP contribution is 2.42. The van der Waals surface area contributed by atoms with Gasteiger partial charge in [-0.2, -0.15) is 0 Å². The number of nitrogens with one attached hydrogen (secondary N) is 2. The van der Waals surface area contributed by atoms with Crippen molar-refractivity contribution in [1.29, 1.82) is 0 Å². The predicted octanol–water partition coefficient (Wildman–Crippen LogP) is 6.80. The van der Waals surface area contributed by atoms with Crippen molar-refractivity contribution in [3.63, 3.8) is 0 Å². The summed E-state index contributed by atoms with van der Waals surface area (Å²) in [6, 6.07) is 27.3. The van der Waals surface area contributed by atoms with E-state index in [0.717, 1.165) is 86.8 Å². The lowest BCUT2D eigenvalue weighted by Gasteiger charge is -2.36. The Morgan fingerprint density at radius 2 is 1.77 bits per heavy atom. The maximum absolute atomic E-state index is 13.3. The number of aldehydes is 1. The smallest absolute Gasteiger partial charge is 0.277 e. The molecule has 2 fully saturated rings. The SMILES string of the molecule is C#CC(Oc1ccc(CN2CCC(Nc3ccccc3)CC2)cc1C)N1CCC(c2ccc3c4c(cccc24)C(=O)N3NC(=O)CCCC=O)CC1. The second kappa shape index (κ2) is 16.0. The van der Waals surface area contributed by atoms with Crippen LogP contribution < -0.4 is 20.5 Å². The van der Waals surface area contributed by atoms with Gasteiger partial charge in [-0.05, 0) is 103 Å². The largest absolute Gasteiger partial charge is 0.464 e. The number of carbonyl (C=O) groups is 3. The van der Waals surface area contributed by atoms with Crippen molar-refractivity contribution in [2.75, 3.05) is 36.5 Å². The number of hydrogen-bond donors (Lipinski definition) is 2. The summed E-state index contributed by atoms with van der Waals surface area (Å²) >= 11 is 0. The van der Waals surface area contributed by atoms with Crippen LogP contribution in [0, 0.1) is 19.3 Å². The number of ether oxygens (including phenoxy) is 1. The fourth-order valence-corrected chi connectivity index (χ4v) is 7.98. The quantitative estimate of drug-likeness (QED) is 0.0902. The van der Waals surface area contributed by atoms with Gasteiger partial charge >= 0.3 is 0 Å². The van der Waals surface area contributed by atoms with Crippen LogP contribution in [0.15, 0.2) is 78.9 Å². The van der Waals surface area contributed by atoms with Crippen molar-refractivity contribution < 1.29 is 19.1 Å². The van der Waals surface area contributed by atoms with E-state index in [1.807, 2.05) is 24.3 Å². The van der Waals surface area contributed by atoms with Gasteiger partial charge < -0.3 is 14.8 Å². The van der Waals surface area contributed by atoms with Crippen molar-refractivity contribution >= 4 is 40.2 Å². The molecule has 2 N–H and O–H groups in total. The fourth-order valence-electron chi connectivity index (χ4n) is 7.98. The molecule has 2 saturated heterocycles. The molecular weight excluding hydrogens is 651 g/mol.